The number of hydrogen-bond acceptors (Lipinski definition) is 2. The zero-order chi connectivity index (χ0) is 10.6. The van der Waals surface area contributed by atoms with E-state index in [0.717, 1.165) is 5.56 Å². The lowest BCUT2D eigenvalue weighted by atomic mass is 10.1. The maximum atomic E-state index is 11.4. The van der Waals surface area contributed by atoms with Crippen LogP contribution in [0.25, 0.3) is 0 Å². The standard InChI is InChI=1S/C11H13ClO2/c1-8(2)14-11(13)10-5-3-9(7-12)4-6-10/h3-6,8H,7H2,1-2H3. The normalized spacial score (nSPS) is 10.3. The molecule has 0 N–H and O–H groups in total. The van der Waals surface area contributed by atoms with E-state index in [9.17, 15) is 4.79 Å². The van der Waals surface area contributed by atoms with Crippen molar-refractivity contribution in [2.45, 2.75) is 25.8 Å². The van der Waals surface area contributed by atoms with Gasteiger partial charge >= 0.3 is 5.97 Å². The molecule has 0 aromatic heterocycles. The number of alkyl halides is 1. The van der Waals surface area contributed by atoms with Crippen LogP contribution in [0.4, 0.5) is 0 Å². The number of carbonyl (C=O) groups excluding carboxylic acids is 1. The van der Waals surface area contributed by atoms with Crippen LogP contribution < -0.4 is 0 Å². The monoisotopic (exact) mass is 212 g/mol. The number of carbonyl (C=O) groups is 1. The van der Waals surface area contributed by atoms with E-state index < -0.39 is 0 Å². The SMILES string of the molecule is CC(C)OC(=O)c1ccc(CCl)cc1. The zero-order valence-corrected chi connectivity index (χ0v) is 9.04. The van der Waals surface area contributed by atoms with Crippen LogP contribution in [0, 0.1) is 0 Å². The second kappa shape index (κ2) is 5.01. The van der Waals surface area contributed by atoms with Gasteiger partial charge < -0.3 is 4.74 Å². The Balaban J connectivity index is 2.71. The van der Waals surface area contributed by atoms with E-state index >= 15 is 0 Å². The lowest BCUT2D eigenvalue weighted by Gasteiger charge is -2.07. The number of ether oxygens (including phenoxy) is 1. The van der Waals surface area contributed by atoms with Crippen LogP contribution in [0.2, 0.25) is 0 Å². The summed E-state index contributed by atoms with van der Waals surface area (Å²) in [6.07, 6.45) is -0.0878. The molecule has 0 atom stereocenters. The van der Waals surface area contributed by atoms with Gasteiger partial charge in [0.25, 0.3) is 0 Å². The number of rotatable bonds is 3. The van der Waals surface area contributed by atoms with Gasteiger partial charge in [-0.25, -0.2) is 4.79 Å². The van der Waals surface area contributed by atoms with Gasteiger partial charge in [0, 0.05) is 5.88 Å². The highest BCUT2D eigenvalue weighted by molar-refractivity contribution is 6.17. The molecule has 3 heteroatoms. The Morgan fingerprint density at radius 2 is 1.93 bits per heavy atom. The Morgan fingerprint density at radius 3 is 2.36 bits per heavy atom. The number of esters is 1. The molecular weight excluding hydrogens is 200 g/mol. The number of halogens is 1. The fraction of sp³-hybridized carbons (Fsp3) is 0.364. The highest BCUT2D eigenvalue weighted by Gasteiger charge is 2.08. The molecule has 0 bridgehead atoms. The number of hydrogen-bond donors (Lipinski definition) is 0. The highest BCUT2D eigenvalue weighted by atomic mass is 35.5. The predicted molar refractivity (Wildman–Crippen MR) is 56.6 cm³/mol. The van der Waals surface area contributed by atoms with Crippen LogP contribution in [0.15, 0.2) is 24.3 Å². The lowest BCUT2D eigenvalue weighted by molar-refractivity contribution is 0.0378. The summed E-state index contributed by atoms with van der Waals surface area (Å²) >= 11 is 5.63. The van der Waals surface area contributed by atoms with Crippen molar-refractivity contribution in [2.24, 2.45) is 0 Å². The Kier molecular flexibility index (Phi) is 3.96. The Morgan fingerprint density at radius 1 is 1.36 bits per heavy atom. The van der Waals surface area contributed by atoms with E-state index in [-0.39, 0.29) is 12.1 Å². The molecule has 0 saturated heterocycles. The molecule has 76 valence electrons. The third-order valence-electron chi connectivity index (χ3n) is 1.69. The van der Waals surface area contributed by atoms with E-state index in [1.54, 1.807) is 12.1 Å². The molecule has 0 unspecified atom stereocenters. The minimum Gasteiger partial charge on any atom is -0.459 e. The van der Waals surface area contributed by atoms with Crippen molar-refractivity contribution >= 4 is 17.6 Å². The van der Waals surface area contributed by atoms with E-state index in [1.165, 1.54) is 0 Å². The average Bonchev–Trinajstić information content (AvgIpc) is 2.17. The molecule has 0 heterocycles. The summed E-state index contributed by atoms with van der Waals surface area (Å²) < 4.78 is 5.04. The smallest absolute Gasteiger partial charge is 0.338 e. The van der Waals surface area contributed by atoms with Crippen LogP contribution in [0.1, 0.15) is 29.8 Å². The third kappa shape index (κ3) is 3.04. The number of benzene rings is 1. The second-order valence-electron chi connectivity index (χ2n) is 3.28. The highest BCUT2D eigenvalue weighted by Crippen LogP contribution is 2.08. The minimum atomic E-state index is -0.291. The average molecular weight is 213 g/mol. The lowest BCUT2D eigenvalue weighted by Crippen LogP contribution is -2.11. The van der Waals surface area contributed by atoms with E-state index in [4.69, 9.17) is 16.3 Å². The molecule has 0 fully saturated rings. The van der Waals surface area contributed by atoms with Crippen molar-refractivity contribution in [3.8, 4) is 0 Å². The van der Waals surface area contributed by atoms with Gasteiger partial charge in [0.2, 0.25) is 0 Å². The van der Waals surface area contributed by atoms with Gasteiger partial charge in [0.05, 0.1) is 11.7 Å². The summed E-state index contributed by atoms with van der Waals surface area (Å²) in [7, 11) is 0. The Labute approximate surface area is 88.8 Å². The van der Waals surface area contributed by atoms with Gasteiger partial charge in [-0.3, -0.25) is 0 Å². The molecule has 1 aromatic rings. The summed E-state index contributed by atoms with van der Waals surface area (Å²) in [5.41, 5.74) is 1.56. The van der Waals surface area contributed by atoms with Gasteiger partial charge in [0.15, 0.2) is 0 Å². The zero-order valence-electron chi connectivity index (χ0n) is 8.29. The van der Waals surface area contributed by atoms with Crippen LogP contribution in [0.5, 0.6) is 0 Å². The molecule has 0 aliphatic rings. The molecule has 0 saturated carbocycles. The summed E-state index contributed by atoms with van der Waals surface area (Å²) in [6.45, 7) is 3.65. The third-order valence-corrected chi connectivity index (χ3v) is 2.00. The summed E-state index contributed by atoms with van der Waals surface area (Å²) in [4.78, 5) is 11.4. The maximum Gasteiger partial charge on any atom is 0.338 e. The quantitative estimate of drug-likeness (QED) is 0.569. The van der Waals surface area contributed by atoms with E-state index in [2.05, 4.69) is 0 Å². The Hall–Kier alpha value is -1.02. The fourth-order valence-electron chi connectivity index (χ4n) is 1.01. The van der Waals surface area contributed by atoms with Crippen molar-refractivity contribution in [3.63, 3.8) is 0 Å². The van der Waals surface area contributed by atoms with Crippen LogP contribution in [0.3, 0.4) is 0 Å². The molecule has 2 nitrogen and oxygen atoms in total. The molecule has 0 radical (unpaired) electrons. The fourth-order valence-corrected chi connectivity index (χ4v) is 1.19. The first-order valence-corrected chi connectivity index (χ1v) is 5.03. The molecule has 0 aliphatic heterocycles. The first kappa shape index (κ1) is 11.1. The van der Waals surface area contributed by atoms with Gasteiger partial charge in [0.1, 0.15) is 0 Å². The van der Waals surface area contributed by atoms with Gasteiger partial charge in [-0.05, 0) is 31.5 Å². The first-order chi connectivity index (χ1) is 6.63. The van der Waals surface area contributed by atoms with Gasteiger partial charge in [-0.1, -0.05) is 12.1 Å². The van der Waals surface area contributed by atoms with Crippen molar-refractivity contribution in [1.82, 2.24) is 0 Å². The van der Waals surface area contributed by atoms with Crippen molar-refractivity contribution < 1.29 is 9.53 Å². The minimum absolute atomic E-state index is 0.0878. The summed E-state index contributed by atoms with van der Waals surface area (Å²) in [6, 6.07) is 7.10. The van der Waals surface area contributed by atoms with E-state index in [0.29, 0.717) is 11.4 Å². The van der Waals surface area contributed by atoms with Gasteiger partial charge in [-0.2, -0.15) is 0 Å². The first-order valence-electron chi connectivity index (χ1n) is 4.49. The van der Waals surface area contributed by atoms with Crippen molar-refractivity contribution in [3.05, 3.63) is 35.4 Å². The molecular formula is C11H13ClO2. The molecule has 14 heavy (non-hydrogen) atoms. The second-order valence-corrected chi connectivity index (χ2v) is 3.55. The largest absolute Gasteiger partial charge is 0.459 e. The molecule has 0 amide bonds. The van der Waals surface area contributed by atoms with Crippen LogP contribution >= 0.6 is 11.6 Å². The summed E-state index contributed by atoms with van der Waals surface area (Å²) in [5.74, 6) is 0.167. The van der Waals surface area contributed by atoms with Crippen molar-refractivity contribution in [1.29, 1.82) is 0 Å². The maximum absolute atomic E-state index is 11.4. The molecule has 1 rings (SSSR count). The molecule has 1 aromatic carbocycles. The predicted octanol–water partition coefficient (Wildman–Crippen LogP) is 2.99. The van der Waals surface area contributed by atoms with Crippen LogP contribution in [-0.2, 0) is 10.6 Å². The van der Waals surface area contributed by atoms with E-state index in [1.807, 2.05) is 26.0 Å². The van der Waals surface area contributed by atoms with Gasteiger partial charge in [-0.15, -0.1) is 11.6 Å². The summed E-state index contributed by atoms with van der Waals surface area (Å²) in [5, 5.41) is 0. The van der Waals surface area contributed by atoms with Crippen LogP contribution in [-0.4, -0.2) is 12.1 Å². The molecule has 0 aliphatic carbocycles. The van der Waals surface area contributed by atoms with Crippen molar-refractivity contribution in [2.75, 3.05) is 0 Å². The molecule has 0 spiro atoms. The Bertz CT molecular complexity index is 304. The topological polar surface area (TPSA) is 26.3 Å².